The number of halogens is 3. The van der Waals surface area contributed by atoms with Gasteiger partial charge in [-0.15, -0.1) is 0 Å². The van der Waals surface area contributed by atoms with Gasteiger partial charge in [-0.2, -0.15) is 0 Å². The summed E-state index contributed by atoms with van der Waals surface area (Å²) in [6, 6.07) is 16.1. The molecule has 182 valence electrons. The van der Waals surface area contributed by atoms with Crippen LogP contribution in [0.2, 0.25) is 10.0 Å². The quantitative estimate of drug-likeness (QED) is 0.207. The molecule has 4 rings (SSSR count). The largest absolute Gasteiger partial charge is 0.488 e. The SMILES string of the molecule is O=C1NC(=S)N(c2cccc(Cl)c2Cl)C(=O)/C1=C/c1cc(Br)ccc1OCc1ccc(C(=O)O)cc1. The van der Waals surface area contributed by atoms with E-state index in [4.69, 9.17) is 45.3 Å². The van der Waals surface area contributed by atoms with Crippen LogP contribution in [0.4, 0.5) is 5.69 Å². The molecule has 0 aromatic heterocycles. The molecule has 1 heterocycles. The van der Waals surface area contributed by atoms with Gasteiger partial charge in [0.25, 0.3) is 11.8 Å². The molecule has 2 N–H and O–H groups in total. The minimum absolute atomic E-state index is 0.116. The highest BCUT2D eigenvalue weighted by Crippen LogP contribution is 2.35. The molecule has 1 aliphatic heterocycles. The lowest BCUT2D eigenvalue weighted by Gasteiger charge is -2.29. The van der Waals surface area contributed by atoms with Gasteiger partial charge < -0.3 is 9.84 Å². The number of hydrogen-bond acceptors (Lipinski definition) is 5. The van der Waals surface area contributed by atoms with Crippen molar-refractivity contribution >= 4 is 86.0 Å². The Morgan fingerprint density at radius 1 is 1.11 bits per heavy atom. The van der Waals surface area contributed by atoms with E-state index < -0.39 is 17.8 Å². The summed E-state index contributed by atoms with van der Waals surface area (Å²) in [5, 5.41) is 11.8. The van der Waals surface area contributed by atoms with Gasteiger partial charge in [0.2, 0.25) is 0 Å². The predicted octanol–water partition coefficient (Wildman–Crippen LogP) is 5.86. The maximum Gasteiger partial charge on any atom is 0.335 e. The summed E-state index contributed by atoms with van der Waals surface area (Å²) in [5.41, 5.74) is 1.40. The van der Waals surface area contributed by atoms with Crippen LogP contribution in [0.25, 0.3) is 6.08 Å². The second-order valence-corrected chi connectivity index (χ2v) is 9.59. The first-order chi connectivity index (χ1) is 17.2. The average molecular weight is 606 g/mol. The maximum atomic E-state index is 13.4. The van der Waals surface area contributed by atoms with Gasteiger partial charge in [0.05, 0.1) is 21.3 Å². The third-order valence-electron chi connectivity index (χ3n) is 5.14. The van der Waals surface area contributed by atoms with Gasteiger partial charge in [-0.3, -0.25) is 19.8 Å². The van der Waals surface area contributed by atoms with Crippen LogP contribution < -0.4 is 15.0 Å². The number of thiocarbonyl (C=S) groups is 1. The Hall–Kier alpha value is -3.24. The summed E-state index contributed by atoms with van der Waals surface area (Å²) in [6.07, 6.45) is 1.40. The van der Waals surface area contributed by atoms with Crippen molar-refractivity contribution in [1.82, 2.24) is 5.32 Å². The Morgan fingerprint density at radius 2 is 1.83 bits per heavy atom. The molecular weight excluding hydrogens is 591 g/mol. The summed E-state index contributed by atoms with van der Waals surface area (Å²) in [7, 11) is 0. The number of amides is 2. The van der Waals surface area contributed by atoms with Crippen LogP contribution in [0.5, 0.6) is 5.75 Å². The molecular formula is C25H15BrCl2N2O5S. The molecule has 1 saturated heterocycles. The minimum atomic E-state index is -1.02. The van der Waals surface area contributed by atoms with Crippen LogP contribution >= 0.6 is 51.3 Å². The number of ether oxygens (including phenoxy) is 1. The monoisotopic (exact) mass is 604 g/mol. The van der Waals surface area contributed by atoms with Crippen molar-refractivity contribution in [1.29, 1.82) is 0 Å². The van der Waals surface area contributed by atoms with Crippen molar-refractivity contribution in [3.8, 4) is 5.75 Å². The van der Waals surface area contributed by atoms with Crippen LogP contribution in [0.1, 0.15) is 21.5 Å². The van der Waals surface area contributed by atoms with Crippen molar-refractivity contribution in [2.75, 3.05) is 4.90 Å². The van der Waals surface area contributed by atoms with E-state index in [0.717, 1.165) is 10.5 Å². The highest BCUT2D eigenvalue weighted by Gasteiger charge is 2.36. The zero-order valence-corrected chi connectivity index (χ0v) is 22.0. The first-order valence-electron chi connectivity index (χ1n) is 10.3. The van der Waals surface area contributed by atoms with Crippen LogP contribution in [0, 0.1) is 0 Å². The van der Waals surface area contributed by atoms with E-state index >= 15 is 0 Å². The fourth-order valence-corrected chi connectivity index (χ4v) is 4.40. The lowest BCUT2D eigenvalue weighted by molar-refractivity contribution is -0.122. The molecule has 1 aliphatic rings. The summed E-state index contributed by atoms with van der Waals surface area (Å²) >= 11 is 21.0. The number of carbonyl (C=O) groups is 3. The zero-order chi connectivity index (χ0) is 26.0. The summed E-state index contributed by atoms with van der Waals surface area (Å²) in [5.74, 6) is -1.97. The van der Waals surface area contributed by atoms with Gasteiger partial charge in [0.1, 0.15) is 17.9 Å². The fraction of sp³-hybridized carbons (Fsp3) is 0.0400. The number of nitrogens with zero attached hydrogens (tertiary/aromatic N) is 1. The van der Waals surface area contributed by atoms with Gasteiger partial charge in [-0.25, -0.2) is 4.79 Å². The Morgan fingerprint density at radius 3 is 2.53 bits per heavy atom. The van der Waals surface area contributed by atoms with Crippen molar-refractivity contribution in [3.63, 3.8) is 0 Å². The topological polar surface area (TPSA) is 95.9 Å². The predicted molar refractivity (Wildman–Crippen MR) is 145 cm³/mol. The number of benzene rings is 3. The zero-order valence-electron chi connectivity index (χ0n) is 18.1. The van der Waals surface area contributed by atoms with Crippen LogP contribution in [-0.2, 0) is 16.2 Å². The van der Waals surface area contributed by atoms with Crippen LogP contribution in [-0.4, -0.2) is 28.0 Å². The van der Waals surface area contributed by atoms with Gasteiger partial charge in [-0.05, 0) is 66.3 Å². The average Bonchev–Trinajstić information content (AvgIpc) is 2.84. The normalized spacial score (nSPS) is 14.7. The minimum Gasteiger partial charge on any atom is -0.488 e. The van der Waals surface area contributed by atoms with E-state index in [1.165, 1.54) is 18.2 Å². The maximum absolute atomic E-state index is 13.4. The van der Waals surface area contributed by atoms with Gasteiger partial charge in [0.15, 0.2) is 5.11 Å². The summed E-state index contributed by atoms with van der Waals surface area (Å²) < 4.78 is 6.62. The smallest absolute Gasteiger partial charge is 0.335 e. The van der Waals surface area contributed by atoms with Crippen LogP contribution in [0.3, 0.4) is 0 Å². The Bertz CT molecular complexity index is 1440. The number of carboxylic acids is 1. The molecule has 0 aliphatic carbocycles. The van der Waals surface area contributed by atoms with Crippen molar-refractivity contribution < 1.29 is 24.2 Å². The Kier molecular flexibility index (Phi) is 7.75. The van der Waals surface area contributed by atoms with E-state index in [-0.39, 0.29) is 38.6 Å². The van der Waals surface area contributed by atoms with Gasteiger partial charge >= 0.3 is 5.97 Å². The first kappa shape index (κ1) is 25.8. The van der Waals surface area contributed by atoms with E-state index in [2.05, 4.69) is 21.2 Å². The molecule has 0 bridgehead atoms. The molecule has 7 nitrogen and oxygen atoms in total. The molecule has 3 aromatic rings. The lowest BCUT2D eigenvalue weighted by atomic mass is 10.1. The number of nitrogens with one attached hydrogen (secondary N) is 1. The Balaban J connectivity index is 1.66. The Labute approximate surface area is 229 Å². The lowest BCUT2D eigenvalue weighted by Crippen LogP contribution is -2.54. The summed E-state index contributed by atoms with van der Waals surface area (Å²) in [6.45, 7) is 0.131. The summed E-state index contributed by atoms with van der Waals surface area (Å²) in [4.78, 5) is 38.3. The standard InChI is InChI=1S/C25H15BrCl2N2O5S/c26-16-8-9-20(35-12-13-4-6-14(7-5-13)24(33)34)15(10-16)11-17-22(31)29-25(36)30(23(17)32)19-3-1-2-18(27)21(19)28/h1-11H,12H2,(H,33,34)(H,29,31,36)/b17-11+. The third-order valence-corrected chi connectivity index (χ3v) is 6.73. The second-order valence-electron chi connectivity index (χ2n) is 7.50. The van der Waals surface area contributed by atoms with Crippen molar-refractivity contribution in [2.45, 2.75) is 6.61 Å². The third kappa shape index (κ3) is 5.44. The number of hydrogen-bond donors (Lipinski definition) is 2. The molecule has 0 atom stereocenters. The number of rotatable bonds is 6. The number of anilines is 1. The highest BCUT2D eigenvalue weighted by atomic mass is 79.9. The molecule has 0 spiro atoms. The molecule has 0 saturated carbocycles. The fourth-order valence-electron chi connectivity index (χ4n) is 3.37. The van der Waals surface area contributed by atoms with Crippen molar-refractivity contribution in [3.05, 3.63) is 97.4 Å². The molecule has 0 unspecified atom stereocenters. The van der Waals surface area contributed by atoms with Crippen molar-refractivity contribution in [2.24, 2.45) is 0 Å². The number of aromatic carboxylic acids is 1. The molecule has 0 radical (unpaired) electrons. The van der Waals surface area contributed by atoms with E-state index in [1.807, 2.05) is 0 Å². The first-order valence-corrected chi connectivity index (χ1v) is 12.2. The van der Waals surface area contributed by atoms with Gasteiger partial charge in [0, 0.05) is 10.0 Å². The van der Waals surface area contributed by atoms with E-state index in [0.29, 0.717) is 15.8 Å². The van der Waals surface area contributed by atoms with Gasteiger partial charge in [-0.1, -0.05) is 57.3 Å². The molecule has 36 heavy (non-hydrogen) atoms. The number of carboxylic acid groups (broad SMARTS) is 1. The van der Waals surface area contributed by atoms with E-state index in [9.17, 15) is 14.4 Å². The molecule has 2 amide bonds. The molecule has 3 aromatic carbocycles. The molecule has 1 fully saturated rings. The van der Waals surface area contributed by atoms with Crippen LogP contribution in [0.15, 0.2) is 70.7 Å². The van der Waals surface area contributed by atoms with E-state index in [1.54, 1.807) is 48.5 Å². The highest BCUT2D eigenvalue weighted by molar-refractivity contribution is 9.10. The molecule has 11 heteroatoms. The second kappa shape index (κ2) is 10.8. The number of carbonyl (C=O) groups excluding carboxylic acids is 2.